The van der Waals surface area contributed by atoms with Crippen molar-refractivity contribution < 1.29 is 14.4 Å². The lowest BCUT2D eigenvalue weighted by atomic mass is 10.0. The van der Waals surface area contributed by atoms with E-state index in [9.17, 15) is 15.4 Å². The fraction of sp³-hybridized carbons (Fsp3) is 0.0625. The number of hydrogen-bond donors (Lipinski definition) is 0. The van der Waals surface area contributed by atoms with Crippen molar-refractivity contribution in [3.63, 3.8) is 0 Å². The van der Waals surface area contributed by atoms with Gasteiger partial charge in [0.15, 0.2) is 11.5 Å². The third-order valence-corrected chi connectivity index (χ3v) is 3.64. The van der Waals surface area contributed by atoms with Gasteiger partial charge >= 0.3 is 0 Å². The third-order valence-electron chi connectivity index (χ3n) is 3.29. The van der Waals surface area contributed by atoms with E-state index in [2.05, 4.69) is 6.07 Å². The van der Waals surface area contributed by atoms with Crippen molar-refractivity contribution in [2.45, 2.75) is 0 Å². The lowest BCUT2D eigenvalue weighted by molar-refractivity contribution is -0.384. The first-order valence-electron chi connectivity index (χ1n) is 6.54. The molecule has 0 aliphatic carbocycles. The standard InChI is InChI=1S/C16H9ClN2O4/c17-14-3-2-13(19(20)21)6-11(14)5-12(8-18)10-1-4-15-16(7-10)23-9-22-15/h1-7H,9H2/b12-5-. The first-order chi connectivity index (χ1) is 11.1. The van der Waals surface area contributed by atoms with Gasteiger partial charge in [-0.2, -0.15) is 5.26 Å². The molecule has 0 saturated carbocycles. The molecule has 0 atom stereocenters. The van der Waals surface area contributed by atoms with Crippen LogP contribution in [0.5, 0.6) is 11.5 Å². The number of allylic oxidation sites excluding steroid dienone is 1. The van der Waals surface area contributed by atoms with Crippen LogP contribution in [0.4, 0.5) is 5.69 Å². The number of benzene rings is 2. The third kappa shape index (κ3) is 2.96. The largest absolute Gasteiger partial charge is 0.454 e. The van der Waals surface area contributed by atoms with Crippen molar-refractivity contribution in [1.29, 1.82) is 5.26 Å². The predicted molar refractivity (Wildman–Crippen MR) is 84.2 cm³/mol. The molecule has 0 unspecified atom stereocenters. The van der Waals surface area contributed by atoms with Crippen molar-refractivity contribution >= 4 is 28.9 Å². The topological polar surface area (TPSA) is 85.4 Å². The summed E-state index contributed by atoms with van der Waals surface area (Å²) in [5, 5.41) is 20.6. The summed E-state index contributed by atoms with van der Waals surface area (Å²) in [7, 11) is 0. The van der Waals surface area contributed by atoms with Gasteiger partial charge in [0.25, 0.3) is 5.69 Å². The number of non-ortho nitro benzene ring substituents is 1. The van der Waals surface area contributed by atoms with Crippen LogP contribution in [-0.2, 0) is 0 Å². The smallest absolute Gasteiger partial charge is 0.270 e. The highest BCUT2D eigenvalue weighted by Crippen LogP contribution is 2.35. The molecule has 7 heteroatoms. The molecule has 0 fully saturated rings. The second kappa shape index (κ2) is 5.99. The van der Waals surface area contributed by atoms with Gasteiger partial charge in [0.2, 0.25) is 6.79 Å². The second-order valence-electron chi connectivity index (χ2n) is 4.70. The van der Waals surface area contributed by atoms with E-state index in [1.54, 1.807) is 18.2 Å². The zero-order valence-electron chi connectivity index (χ0n) is 11.7. The Morgan fingerprint density at radius 3 is 2.78 bits per heavy atom. The van der Waals surface area contributed by atoms with Crippen LogP contribution in [0.2, 0.25) is 5.02 Å². The molecule has 0 aromatic heterocycles. The van der Waals surface area contributed by atoms with Crippen molar-refractivity contribution in [1.82, 2.24) is 0 Å². The van der Waals surface area contributed by atoms with Gasteiger partial charge in [-0.1, -0.05) is 11.6 Å². The quantitative estimate of drug-likeness (QED) is 0.367. The summed E-state index contributed by atoms with van der Waals surface area (Å²) in [6.07, 6.45) is 1.51. The maximum atomic E-state index is 10.9. The summed E-state index contributed by atoms with van der Waals surface area (Å²) in [5.74, 6) is 1.16. The molecule has 0 saturated heterocycles. The maximum absolute atomic E-state index is 10.9. The Balaban J connectivity index is 2.04. The average Bonchev–Trinajstić information content (AvgIpc) is 3.01. The number of rotatable bonds is 3. The second-order valence-corrected chi connectivity index (χ2v) is 5.11. The molecule has 0 bridgehead atoms. The number of nitriles is 1. The molecule has 2 aromatic rings. The molecular weight excluding hydrogens is 320 g/mol. The SMILES string of the molecule is N#C/C(=C/c1cc([N+](=O)[O-])ccc1Cl)c1ccc2c(c1)OCO2. The van der Waals surface area contributed by atoms with E-state index in [1.165, 1.54) is 24.3 Å². The first-order valence-corrected chi connectivity index (χ1v) is 6.92. The summed E-state index contributed by atoms with van der Waals surface area (Å²) in [5.41, 5.74) is 1.23. The first kappa shape index (κ1) is 14.9. The number of ether oxygens (including phenoxy) is 2. The average molecular weight is 329 g/mol. The van der Waals surface area contributed by atoms with Crippen molar-refractivity contribution in [2.24, 2.45) is 0 Å². The number of fused-ring (bicyclic) bond motifs is 1. The van der Waals surface area contributed by atoms with Gasteiger partial charge in [0.05, 0.1) is 16.6 Å². The molecule has 1 heterocycles. The Morgan fingerprint density at radius 1 is 1.26 bits per heavy atom. The van der Waals surface area contributed by atoms with Crippen molar-refractivity contribution in [3.8, 4) is 17.6 Å². The van der Waals surface area contributed by atoms with Crippen LogP contribution < -0.4 is 9.47 Å². The zero-order valence-corrected chi connectivity index (χ0v) is 12.4. The van der Waals surface area contributed by atoms with Gasteiger partial charge in [0.1, 0.15) is 0 Å². The summed E-state index contributed by atoms with van der Waals surface area (Å²) < 4.78 is 10.5. The minimum atomic E-state index is -0.514. The minimum absolute atomic E-state index is 0.0939. The number of nitro benzene ring substituents is 1. The van der Waals surface area contributed by atoms with E-state index in [-0.39, 0.29) is 12.5 Å². The highest BCUT2D eigenvalue weighted by Gasteiger charge is 2.15. The van der Waals surface area contributed by atoms with E-state index in [1.807, 2.05) is 0 Å². The molecule has 114 valence electrons. The van der Waals surface area contributed by atoms with E-state index < -0.39 is 4.92 Å². The molecule has 1 aliphatic heterocycles. The Morgan fingerprint density at radius 2 is 2.04 bits per heavy atom. The summed E-state index contributed by atoms with van der Waals surface area (Å²) in [6, 6.07) is 11.2. The number of halogens is 1. The zero-order chi connectivity index (χ0) is 16.4. The highest BCUT2D eigenvalue weighted by atomic mass is 35.5. The van der Waals surface area contributed by atoms with Gasteiger partial charge in [-0.15, -0.1) is 0 Å². The van der Waals surface area contributed by atoms with Crippen LogP contribution in [0.3, 0.4) is 0 Å². The van der Waals surface area contributed by atoms with Gasteiger partial charge < -0.3 is 9.47 Å². The molecule has 0 spiro atoms. The molecule has 3 rings (SSSR count). The molecule has 0 N–H and O–H groups in total. The number of hydrogen-bond acceptors (Lipinski definition) is 5. The van der Waals surface area contributed by atoms with Crippen LogP contribution in [0, 0.1) is 21.4 Å². The van der Waals surface area contributed by atoms with E-state index in [0.29, 0.717) is 33.2 Å². The molecule has 2 aromatic carbocycles. The van der Waals surface area contributed by atoms with Crippen LogP contribution >= 0.6 is 11.6 Å². The number of nitrogens with zero attached hydrogens (tertiary/aromatic N) is 2. The predicted octanol–water partition coefficient (Wildman–Crippen LogP) is 4.04. The van der Waals surface area contributed by atoms with Crippen LogP contribution in [0.1, 0.15) is 11.1 Å². The lowest BCUT2D eigenvalue weighted by Gasteiger charge is -2.03. The molecule has 6 nitrogen and oxygen atoms in total. The summed E-state index contributed by atoms with van der Waals surface area (Å²) in [6.45, 7) is 0.140. The van der Waals surface area contributed by atoms with Gasteiger partial charge in [-0.25, -0.2) is 0 Å². The monoisotopic (exact) mass is 328 g/mol. The van der Waals surface area contributed by atoms with E-state index in [0.717, 1.165) is 0 Å². The Bertz CT molecular complexity index is 871. The number of nitro groups is 1. The molecule has 0 amide bonds. The molecule has 1 aliphatic rings. The normalized spacial score (nSPS) is 12.8. The van der Waals surface area contributed by atoms with Crippen molar-refractivity contribution in [3.05, 3.63) is 62.7 Å². The highest BCUT2D eigenvalue weighted by molar-refractivity contribution is 6.32. The Kier molecular flexibility index (Phi) is 3.87. The van der Waals surface area contributed by atoms with Crippen LogP contribution in [0.25, 0.3) is 11.6 Å². The van der Waals surface area contributed by atoms with Gasteiger partial charge in [-0.05, 0) is 35.9 Å². The van der Waals surface area contributed by atoms with E-state index >= 15 is 0 Å². The Hall–Kier alpha value is -3.04. The fourth-order valence-electron chi connectivity index (χ4n) is 2.16. The fourth-order valence-corrected chi connectivity index (χ4v) is 2.33. The molecular formula is C16H9ClN2O4. The minimum Gasteiger partial charge on any atom is -0.454 e. The van der Waals surface area contributed by atoms with Crippen LogP contribution in [0.15, 0.2) is 36.4 Å². The van der Waals surface area contributed by atoms with Gasteiger partial charge in [-0.3, -0.25) is 10.1 Å². The maximum Gasteiger partial charge on any atom is 0.270 e. The van der Waals surface area contributed by atoms with Crippen LogP contribution in [-0.4, -0.2) is 11.7 Å². The molecule has 0 radical (unpaired) electrons. The van der Waals surface area contributed by atoms with Gasteiger partial charge in [0, 0.05) is 22.7 Å². The summed E-state index contributed by atoms with van der Waals surface area (Å²) in [4.78, 5) is 10.4. The van der Waals surface area contributed by atoms with Crippen molar-refractivity contribution in [2.75, 3.05) is 6.79 Å². The molecule has 23 heavy (non-hydrogen) atoms. The lowest BCUT2D eigenvalue weighted by Crippen LogP contribution is -1.92. The van der Waals surface area contributed by atoms with E-state index in [4.69, 9.17) is 21.1 Å². The Labute approximate surface area is 136 Å². The summed E-state index contributed by atoms with van der Waals surface area (Å²) >= 11 is 6.06.